The Morgan fingerprint density at radius 2 is 1.47 bits per heavy atom. The van der Waals surface area contributed by atoms with Crippen LogP contribution in [0, 0.1) is 0 Å². The lowest BCUT2D eigenvalue weighted by Crippen LogP contribution is -2.64. The molecule has 11 heteroatoms. The Balaban J connectivity index is 3.28. The fourth-order valence-corrected chi connectivity index (χ4v) is 2.50. The van der Waals surface area contributed by atoms with E-state index in [1.165, 1.54) is 20.8 Å². The number of hydrogen-bond acceptors (Lipinski definition) is 10. The SMILES string of the molecule is CCC(=O)O[C@H]1[C@@H](OC(=O)CC)CO[C@@](C)(OC(=O)/C=C/C(=O)O)[C@@H]1OC(=O)CC. The molecule has 1 fully saturated rings. The smallest absolute Gasteiger partial charge is 0.333 e. The van der Waals surface area contributed by atoms with Gasteiger partial charge in [-0.15, -0.1) is 0 Å². The molecule has 0 aromatic rings. The first-order chi connectivity index (χ1) is 14.1. The Labute approximate surface area is 173 Å². The number of rotatable bonds is 9. The van der Waals surface area contributed by atoms with Gasteiger partial charge in [0.15, 0.2) is 12.2 Å². The standard InChI is InChI=1S/C19H26O11/c1-5-13(22)27-11-10-26-19(4,30-16(25)9-8-12(20)21)18(29-15(24)7-3)17(11)28-14(23)6-2/h8-9,11,17-18H,5-7,10H2,1-4H3,(H,20,21)/b9-8+/t11-,17-,18+,19-/m0/s1. The Morgan fingerprint density at radius 3 is 2.00 bits per heavy atom. The van der Waals surface area contributed by atoms with Crippen LogP contribution in [0.4, 0.5) is 0 Å². The summed E-state index contributed by atoms with van der Waals surface area (Å²) in [6, 6.07) is 0. The highest BCUT2D eigenvalue weighted by Gasteiger charge is 2.56. The molecular formula is C19H26O11. The molecular weight excluding hydrogens is 404 g/mol. The Kier molecular flexibility index (Phi) is 9.44. The van der Waals surface area contributed by atoms with Gasteiger partial charge in [-0.25, -0.2) is 9.59 Å². The Bertz CT molecular complexity index is 699. The molecule has 1 aliphatic rings. The lowest BCUT2D eigenvalue weighted by molar-refractivity contribution is -0.321. The summed E-state index contributed by atoms with van der Waals surface area (Å²) in [5, 5.41) is 8.64. The molecule has 0 amide bonds. The molecule has 0 aliphatic carbocycles. The number of aliphatic carboxylic acids is 1. The molecule has 168 valence electrons. The zero-order chi connectivity index (χ0) is 22.9. The molecule has 0 spiro atoms. The van der Waals surface area contributed by atoms with Gasteiger partial charge in [0.25, 0.3) is 5.79 Å². The van der Waals surface area contributed by atoms with E-state index in [2.05, 4.69) is 0 Å². The first-order valence-electron chi connectivity index (χ1n) is 9.42. The molecule has 1 heterocycles. The summed E-state index contributed by atoms with van der Waals surface area (Å²) in [5.74, 6) is -6.41. The van der Waals surface area contributed by atoms with Gasteiger partial charge in [-0.1, -0.05) is 20.8 Å². The Hall–Kier alpha value is -2.95. The molecule has 0 aromatic carbocycles. The summed E-state index contributed by atoms with van der Waals surface area (Å²) in [6.45, 7) is 5.55. The number of ether oxygens (including phenoxy) is 5. The van der Waals surface area contributed by atoms with Crippen molar-refractivity contribution >= 4 is 29.8 Å². The van der Waals surface area contributed by atoms with Crippen LogP contribution in [0.2, 0.25) is 0 Å². The van der Waals surface area contributed by atoms with Gasteiger partial charge in [-0.2, -0.15) is 0 Å². The molecule has 1 rings (SSSR count). The van der Waals surface area contributed by atoms with Gasteiger partial charge in [0.05, 0.1) is 6.61 Å². The van der Waals surface area contributed by atoms with Crippen molar-refractivity contribution in [2.45, 2.75) is 71.1 Å². The second-order valence-corrected chi connectivity index (χ2v) is 6.37. The van der Waals surface area contributed by atoms with Crippen molar-refractivity contribution < 1.29 is 52.8 Å². The summed E-state index contributed by atoms with van der Waals surface area (Å²) >= 11 is 0. The first-order valence-corrected chi connectivity index (χ1v) is 9.42. The maximum absolute atomic E-state index is 12.0. The molecule has 30 heavy (non-hydrogen) atoms. The quantitative estimate of drug-likeness (QED) is 0.315. The number of esters is 4. The van der Waals surface area contributed by atoms with E-state index >= 15 is 0 Å². The van der Waals surface area contributed by atoms with Gasteiger partial charge in [0.1, 0.15) is 0 Å². The molecule has 0 aromatic heterocycles. The van der Waals surface area contributed by atoms with Crippen molar-refractivity contribution in [2.75, 3.05) is 6.61 Å². The molecule has 0 bridgehead atoms. The van der Waals surface area contributed by atoms with Crippen molar-refractivity contribution in [3.63, 3.8) is 0 Å². The highest BCUT2D eigenvalue weighted by molar-refractivity contribution is 5.90. The van der Waals surface area contributed by atoms with Crippen molar-refractivity contribution in [1.82, 2.24) is 0 Å². The van der Waals surface area contributed by atoms with E-state index in [1.54, 1.807) is 6.92 Å². The third-order valence-electron chi connectivity index (χ3n) is 4.06. The fraction of sp³-hybridized carbons (Fsp3) is 0.632. The van der Waals surface area contributed by atoms with Crippen LogP contribution in [-0.2, 0) is 47.7 Å². The number of carbonyl (C=O) groups is 5. The predicted octanol–water partition coefficient (Wildman–Crippen LogP) is 0.882. The van der Waals surface area contributed by atoms with Gasteiger partial charge in [-0.3, -0.25) is 14.4 Å². The van der Waals surface area contributed by atoms with E-state index in [0.717, 1.165) is 0 Å². The van der Waals surface area contributed by atoms with Gasteiger partial charge < -0.3 is 28.8 Å². The van der Waals surface area contributed by atoms with E-state index in [4.69, 9.17) is 28.8 Å². The third-order valence-corrected chi connectivity index (χ3v) is 4.06. The second-order valence-electron chi connectivity index (χ2n) is 6.37. The highest BCUT2D eigenvalue weighted by atomic mass is 16.8. The summed E-state index contributed by atoms with van der Waals surface area (Å²) in [6.07, 6.45) is -2.75. The van der Waals surface area contributed by atoms with Crippen LogP contribution in [0.15, 0.2) is 12.2 Å². The van der Waals surface area contributed by atoms with Gasteiger partial charge in [0, 0.05) is 38.3 Å². The van der Waals surface area contributed by atoms with Crippen LogP contribution in [0.5, 0.6) is 0 Å². The number of carboxylic acid groups (broad SMARTS) is 1. The molecule has 1 saturated heterocycles. The van der Waals surface area contributed by atoms with Crippen LogP contribution in [0.3, 0.4) is 0 Å². The maximum Gasteiger partial charge on any atom is 0.333 e. The normalized spacial score (nSPS) is 25.9. The molecule has 11 nitrogen and oxygen atoms in total. The third kappa shape index (κ3) is 7.14. The van der Waals surface area contributed by atoms with Crippen LogP contribution in [-0.4, -0.2) is 65.7 Å². The molecule has 0 saturated carbocycles. The van der Waals surface area contributed by atoms with E-state index in [1.807, 2.05) is 0 Å². The largest absolute Gasteiger partial charge is 0.478 e. The van der Waals surface area contributed by atoms with E-state index in [9.17, 15) is 24.0 Å². The van der Waals surface area contributed by atoms with Gasteiger partial charge in [0.2, 0.25) is 6.10 Å². The van der Waals surface area contributed by atoms with Gasteiger partial charge in [-0.05, 0) is 0 Å². The molecule has 0 unspecified atom stereocenters. The average Bonchev–Trinajstić information content (AvgIpc) is 2.70. The summed E-state index contributed by atoms with van der Waals surface area (Å²) in [7, 11) is 0. The van der Waals surface area contributed by atoms with Gasteiger partial charge >= 0.3 is 29.8 Å². The van der Waals surface area contributed by atoms with Crippen molar-refractivity contribution in [2.24, 2.45) is 0 Å². The molecule has 1 N–H and O–H groups in total. The topological polar surface area (TPSA) is 152 Å². The Morgan fingerprint density at radius 1 is 0.933 bits per heavy atom. The zero-order valence-corrected chi connectivity index (χ0v) is 17.2. The molecule has 1 aliphatic heterocycles. The van der Waals surface area contributed by atoms with Crippen molar-refractivity contribution in [3.05, 3.63) is 12.2 Å². The van der Waals surface area contributed by atoms with Crippen LogP contribution in [0.25, 0.3) is 0 Å². The summed E-state index contributed by atoms with van der Waals surface area (Å²) in [5.41, 5.74) is 0. The summed E-state index contributed by atoms with van der Waals surface area (Å²) in [4.78, 5) is 58.4. The summed E-state index contributed by atoms with van der Waals surface area (Å²) < 4.78 is 26.7. The number of carboxylic acids is 1. The van der Waals surface area contributed by atoms with Crippen molar-refractivity contribution in [1.29, 1.82) is 0 Å². The zero-order valence-electron chi connectivity index (χ0n) is 17.2. The monoisotopic (exact) mass is 430 g/mol. The number of carbonyl (C=O) groups excluding carboxylic acids is 4. The van der Waals surface area contributed by atoms with Crippen LogP contribution in [0.1, 0.15) is 47.0 Å². The minimum atomic E-state index is -1.95. The second kappa shape index (κ2) is 11.3. The van der Waals surface area contributed by atoms with Crippen molar-refractivity contribution in [3.8, 4) is 0 Å². The average molecular weight is 430 g/mol. The lowest BCUT2D eigenvalue weighted by Gasteiger charge is -2.45. The van der Waals surface area contributed by atoms with E-state index in [0.29, 0.717) is 12.2 Å². The minimum Gasteiger partial charge on any atom is -0.478 e. The lowest BCUT2D eigenvalue weighted by atomic mass is 9.96. The molecule has 0 radical (unpaired) electrons. The maximum atomic E-state index is 12.0. The van der Waals surface area contributed by atoms with Crippen LogP contribution < -0.4 is 0 Å². The van der Waals surface area contributed by atoms with E-state index < -0.39 is 53.9 Å². The predicted molar refractivity (Wildman–Crippen MR) is 97.7 cm³/mol. The van der Waals surface area contributed by atoms with E-state index in [-0.39, 0.29) is 25.9 Å². The fourth-order valence-electron chi connectivity index (χ4n) is 2.50. The molecule has 4 atom stereocenters. The first kappa shape index (κ1) is 25.1. The highest BCUT2D eigenvalue weighted by Crippen LogP contribution is 2.33. The van der Waals surface area contributed by atoms with Crippen LogP contribution >= 0.6 is 0 Å². The minimum absolute atomic E-state index is 0.0158. The number of hydrogen-bond donors (Lipinski definition) is 1.